The fraction of sp³-hybridized carbons (Fsp3) is 0.154. The molecule has 1 aromatic heterocycles. The Labute approximate surface area is 105 Å². The summed E-state index contributed by atoms with van der Waals surface area (Å²) in [4.78, 5) is 14.1. The topological polar surface area (TPSA) is 68.1 Å². The molecule has 0 amide bonds. The van der Waals surface area contributed by atoms with E-state index in [-0.39, 0.29) is 5.69 Å². The lowest BCUT2D eigenvalue weighted by Gasteiger charge is -2.04. The molecule has 0 spiro atoms. The monoisotopic (exact) mass is 243 g/mol. The summed E-state index contributed by atoms with van der Waals surface area (Å²) in [6.07, 6.45) is 3.54. The summed E-state index contributed by atoms with van der Waals surface area (Å²) in [5, 5.41) is 13.8. The van der Waals surface area contributed by atoms with Crippen molar-refractivity contribution < 1.29 is 4.92 Å². The molecule has 1 N–H and O–H groups in total. The molecule has 0 bridgehead atoms. The maximum Gasteiger partial charge on any atom is 0.269 e. The Bertz CT molecular complexity index is 512. The quantitative estimate of drug-likeness (QED) is 0.646. The maximum absolute atomic E-state index is 10.5. The highest BCUT2D eigenvalue weighted by Crippen LogP contribution is 2.11. The number of non-ortho nitro benzene ring substituents is 1. The van der Waals surface area contributed by atoms with Crippen molar-refractivity contribution in [1.29, 1.82) is 0 Å². The predicted molar refractivity (Wildman–Crippen MR) is 67.9 cm³/mol. The summed E-state index contributed by atoms with van der Waals surface area (Å²) >= 11 is 0. The van der Waals surface area contributed by atoms with Gasteiger partial charge in [-0.05, 0) is 17.2 Å². The number of rotatable bonds is 5. The van der Waals surface area contributed by atoms with Crippen LogP contribution in [0.4, 0.5) is 5.69 Å². The molecule has 2 aromatic rings. The Kier molecular flexibility index (Phi) is 3.98. The number of hydrogen-bond acceptors (Lipinski definition) is 4. The third-order valence-electron chi connectivity index (χ3n) is 2.53. The van der Waals surface area contributed by atoms with Crippen molar-refractivity contribution in [1.82, 2.24) is 10.3 Å². The summed E-state index contributed by atoms with van der Waals surface area (Å²) < 4.78 is 0. The number of benzene rings is 1. The summed E-state index contributed by atoms with van der Waals surface area (Å²) in [7, 11) is 0. The van der Waals surface area contributed by atoms with Gasteiger partial charge in [-0.1, -0.05) is 18.2 Å². The van der Waals surface area contributed by atoms with E-state index >= 15 is 0 Å². The summed E-state index contributed by atoms with van der Waals surface area (Å²) in [6, 6.07) is 10.4. The van der Waals surface area contributed by atoms with E-state index in [2.05, 4.69) is 10.3 Å². The molecule has 0 aliphatic heterocycles. The third-order valence-corrected chi connectivity index (χ3v) is 2.53. The molecule has 1 aromatic carbocycles. The zero-order valence-electron chi connectivity index (χ0n) is 9.74. The van der Waals surface area contributed by atoms with Gasteiger partial charge >= 0.3 is 0 Å². The van der Waals surface area contributed by atoms with Crippen LogP contribution in [-0.4, -0.2) is 9.91 Å². The second-order valence-electron chi connectivity index (χ2n) is 3.89. The van der Waals surface area contributed by atoms with Gasteiger partial charge in [0, 0.05) is 37.6 Å². The molecule has 0 fully saturated rings. The Morgan fingerprint density at radius 1 is 1.11 bits per heavy atom. The molecule has 5 heteroatoms. The average molecular weight is 243 g/mol. The molecule has 0 radical (unpaired) electrons. The van der Waals surface area contributed by atoms with Crippen LogP contribution in [0.15, 0.2) is 48.8 Å². The van der Waals surface area contributed by atoms with Gasteiger partial charge < -0.3 is 5.32 Å². The molecule has 18 heavy (non-hydrogen) atoms. The van der Waals surface area contributed by atoms with Crippen molar-refractivity contribution in [2.45, 2.75) is 13.1 Å². The van der Waals surface area contributed by atoms with E-state index < -0.39 is 4.92 Å². The van der Waals surface area contributed by atoms with E-state index in [0.717, 1.165) is 17.7 Å². The molecule has 0 aliphatic carbocycles. The van der Waals surface area contributed by atoms with Crippen molar-refractivity contribution in [3.05, 3.63) is 70.0 Å². The molecular formula is C13H13N3O2. The van der Waals surface area contributed by atoms with Gasteiger partial charge in [0.2, 0.25) is 0 Å². The molecule has 92 valence electrons. The van der Waals surface area contributed by atoms with Crippen molar-refractivity contribution >= 4 is 5.69 Å². The highest BCUT2D eigenvalue weighted by Gasteiger charge is 2.03. The Morgan fingerprint density at radius 2 is 1.83 bits per heavy atom. The molecule has 0 saturated carbocycles. The zero-order chi connectivity index (χ0) is 12.8. The second kappa shape index (κ2) is 5.88. The van der Waals surface area contributed by atoms with E-state index in [1.807, 2.05) is 18.3 Å². The smallest absolute Gasteiger partial charge is 0.269 e. The molecule has 2 rings (SSSR count). The largest absolute Gasteiger partial charge is 0.309 e. The van der Waals surface area contributed by atoms with Crippen LogP contribution in [0.3, 0.4) is 0 Å². The minimum Gasteiger partial charge on any atom is -0.309 e. The van der Waals surface area contributed by atoms with Crippen molar-refractivity contribution in [2.24, 2.45) is 0 Å². The number of hydrogen-bond donors (Lipinski definition) is 1. The lowest BCUT2D eigenvalue weighted by atomic mass is 10.2. The van der Waals surface area contributed by atoms with Crippen LogP contribution >= 0.6 is 0 Å². The Balaban J connectivity index is 1.85. The number of aromatic nitrogens is 1. The van der Waals surface area contributed by atoms with Crippen molar-refractivity contribution in [3.63, 3.8) is 0 Å². The Morgan fingerprint density at radius 3 is 2.44 bits per heavy atom. The first-order chi connectivity index (χ1) is 8.75. The van der Waals surface area contributed by atoms with Gasteiger partial charge in [0.15, 0.2) is 0 Å². The summed E-state index contributed by atoms with van der Waals surface area (Å²) in [5.74, 6) is 0. The van der Waals surface area contributed by atoms with Crippen molar-refractivity contribution in [3.8, 4) is 0 Å². The van der Waals surface area contributed by atoms with Crippen LogP contribution in [0.1, 0.15) is 11.1 Å². The van der Waals surface area contributed by atoms with Crippen LogP contribution in [0.5, 0.6) is 0 Å². The van der Waals surface area contributed by atoms with Gasteiger partial charge in [0.05, 0.1) is 4.92 Å². The number of nitro groups is 1. The van der Waals surface area contributed by atoms with Crippen LogP contribution in [0.2, 0.25) is 0 Å². The SMILES string of the molecule is O=[N+]([O-])c1ccc(CNCc2cccnc2)cc1. The summed E-state index contributed by atoms with van der Waals surface area (Å²) in [5.41, 5.74) is 2.25. The third kappa shape index (κ3) is 3.36. The molecule has 1 heterocycles. The number of nitrogens with zero attached hydrogens (tertiary/aromatic N) is 2. The molecule has 0 unspecified atom stereocenters. The van der Waals surface area contributed by atoms with Crippen LogP contribution in [0, 0.1) is 10.1 Å². The molecular weight excluding hydrogens is 230 g/mol. The van der Waals surface area contributed by atoms with Gasteiger partial charge in [0.1, 0.15) is 0 Å². The van der Waals surface area contributed by atoms with E-state index in [1.165, 1.54) is 12.1 Å². The van der Waals surface area contributed by atoms with E-state index in [4.69, 9.17) is 0 Å². The van der Waals surface area contributed by atoms with Gasteiger partial charge in [-0.25, -0.2) is 0 Å². The average Bonchev–Trinajstić information content (AvgIpc) is 2.40. The molecule has 0 saturated heterocycles. The van der Waals surface area contributed by atoms with Gasteiger partial charge in [0.25, 0.3) is 5.69 Å². The maximum atomic E-state index is 10.5. The van der Waals surface area contributed by atoms with Gasteiger partial charge in [-0.2, -0.15) is 0 Å². The number of nitrogens with one attached hydrogen (secondary N) is 1. The lowest BCUT2D eigenvalue weighted by molar-refractivity contribution is -0.384. The zero-order valence-corrected chi connectivity index (χ0v) is 9.74. The fourth-order valence-corrected chi connectivity index (χ4v) is 1.59. The van der Waals surface area contributed by atoms with Crippen LogP contribution in [-0.2, 0) is 13.1 Å². The van der Waals surface area contributed by atoms with Crippen LogP contribution in [0.25, 0.3) is 0 Å². The normalized spacial score (nSPS) is 10.2. The standard InChI is InChI=1S/C13H13N3O2/c17-16(18)13-5-3-11(4-6-13)8-15-10-12-2-1-7-14-9-12/h1-7,9,15H,8,10H2. The predicted octanol–water partition coefficient (Wildman–Crippen LogP) is 2.28. The minimum atomic E-state index is -0.396. The van der Waals surface area contributed by atoms with Crippen molar-refractivity contribution in [2.75, 3.05) is 0 Å². The van der Waals surface area contributed by atoms with Crippen LogP contribution < -0.4 is 5.32 Å². The molecule has 0 aliphatic rings. The first-order valence-corrected chi connectivity index (χ1v) is 5.58. The van der Waals surface area contributed by atoms with Gasteiger partial charge in [-0.3, -0.25) is 15.1 Å². The van der Waals surface area contributed by atoms with E-state index in [9.17, 15) is 10.1 Å². The highest BCUT2D eigenvalue weighted by molar-refractivity contribution is 5.32. The first kappa shape index (κ1) is 12.2. The number of nitro benzene ring substituents is 1. The summed E-state index contributed by atoms with van der Waals surface area (Å²) in [6.45, 7) is 1.40. The highest BCUT2D eigenvalue weighted by atomic mass is 16.6. The van der Waals surface area contributed by atoms with E-state index in [0.29, 0.717) is 6.54 Å². The lowest BCUT2D eigenvalue weighted by Crippen LogP contribution is -2.12. The Hall–Kier alpha value is -2.27. The van der Waals surface area contributed by atoms with E-state index in [1.54, 1.807) is 18.3 Å². The molecule has 0 atom stereocenters. The van der Waals surface area contributed by atoms with Gasteiger partial charge in [-0.15, -0.1) is 0 Å². The second-order valence-corrected chi connectivity index (χ2v) is 3.89. The first-order valence-electron chi connectivity index (χ1n) is 5.58. The minimum absolute atomic E-state index is 0.117. The molecule has 5 nitrogen and oxygen atoms in total. The fourth-order valence-electron chi connectivity index (χ4n) is 1.59. The number of pyridine rings is 1.